The Morgan fingerprint density at radius 1 is 1.11 bits per heavy atom. The molecule has 0 aromatic carbocycles. The standard InChI is InChI=1S/C11H14N2.C3H8.C2H6/c1-3-11(2)6-4-9-10(5-7-11)13-8-12-9;1-3-2;1-2/h4-8H,3H2,1-2H3,(H,12,13);3H2,1-2H3;1-2H3. The normalized spacial score (nSPS) is 14.6. The van der Waals surface area contributed by atoms with Gasteiger partial charge in [-0.3, -0.25) is 0 Å². The zero-order valence-electron chi connectivity index (χ0n) is 12.7. The highest BCUT2D eigenvalue weighted by atomic mass is 14.9. The lowest BCUT2D eigenvalue weighted by atomic mass is 9.87. The van der Waals surface area contributed by atoms with E-state index in [0.717, 1.165) is 17.8 Å². The highest BCUT2D eigenvalue weighted by Crippen LogP contribution is 2.29. The van der Waals surface area contributed by atoms with E-state index < -0.39 is 0 Å². The molecule has 102 valence electrons. The van der Waals surface area contributed by atoms with Crippen LogP contribution in [0.2, 0.25) is 0 Å². The Kier molecular flexibility index (Phi) is 8.10. The molecule has 0 radical (unpaired) electrons. The number of hydrogen-bond acceptors (Lipinski definition) is 1. The molecule has 1 aromatic rings. The quantitative estimate of drug-likeness (QED) is 0.717. The van der Waals surface area contributed by atoms with Crippen LogP contribution in [0.4, 0.5) is 0 Å². The van der Waals surface area contributed by atoms with Crippen molar-refractivity contribution in [2.24, 2.45) is 5.41 Å². The molecule has 0 aliphatic heterocycles. The summed E-state index contributed by atoms with van der Waals surface area (Å²) in [6.45, 7) is 12.7. The maximum atomic E-state index is 4.22. The zero-order valence-corrected chi connectivity index (χ0v) is 12.7. The average Bonchev–Trinajstić information content (AvgIpc) is 2.79. The van der Waals surface area contributed by atoms with Crippen LogP contribution in [0.15, 0.2) is 18.5 Å². The molecule has 0 fully saturated rings. The van der Waals surface area contributed by atoms with Gasteiger partial charge in [0.1, 0.15) is 0 Å². The number of nitrogens with one attached hydrogen (secondary N) is 1. The number of rotatable bonds is 1. The minimum Gasteiger partial charge on any atom is -0.345 e. The van der Waals surface area contributed by atoms with Crippen molar-refractivity contribution in [2.45, 2.75) is 54.4 Å². The molecule has 18 heavy (non-hydrogen) atoms. The highest BCUT2D eigenvalue weighted by molar-refractivity contribution is 5.63. The van der Waals surface area contributed by atoms with Crippen molar-refractivity contribution in [1.82, 2.24) is 9.97 Å². The average molecular weight is 248 g/mol. The molecular formula is C16H28N2. The SMILES string of the molecule is CC.CCC.CCC1(C)C=Cc2nc[nH]c2C=C1. The van der Waals surface area contributed by atoms with Crippen molar-refractivity contribution in [1.29, 1.82) is 0 Å². The minimum absolute atomic E-state index is 0.182. The van der Waals surface area contributed by atoms with Crippen LogP contribution >= 0.6 is 0 Å². The second-order valence-electron chi connectivity index (χ2n) is 4.43. The van der Waals surface area contributed by atoms with Crippen LogP contribution in [0.1, 0.15) is 65.8 Å². The number of aromatic amines is 1. The van der Waals surface area contributed by atoms with E-state index in [9.17, 15) is 0 Å². The van der Waals surface area contributed by atoms with Crippen molar-refractivity contribution in [3.63, 3.8) is 0 Å². The molecule has 1 atom stereocenters. The van der Waals surface area contributed by atoms with Crippen molar-refractivity contribution < 1.29 is 0 Å². The highest BCUT2D eigenvalue weighted by Gasteiger charge is 2.17. The molecule has 0 amide bonds. The smallest absolute Gasteiger partial charge is 0.0931 e. The van der Waals surface area contributed by atoms with E-state index in [2.05, 4.69) is 62.0 Å². The van der Waals surface area contributed by atoms with Crippen molar-refractivity contribution >= 4 is 12.2 Å². The second kappa shape index (κ2) is 8.73. The third-order valence-corrected chi connectivity index (χ3v) is 2.71. The van der Waals surface area contributed by atoms with Gasteiger partial charge in [-0.15, -0.1) is 0 Å². The fraction of sp³-hybridized carbons (Fsp3) is 0.562. The molecule has 1 aliphatic rings. The first-order valence-corrected chi connectivity index (χ1v) is 7.07. The lowest BCUT2D eigenvalue weighted by Crippen LogP contribution is -2.05. The predicted octanol–water partition coefficient (Wildman–Crippen LogP) is 5.31. The number of fused-ring (bicyclic) bond motifs is 1. The summed E-state index contributed by atoms with van der Waals surface area (Å²) in [7, 11) is 0. The molecule has 1 aromatic heterocycles. The Hall–Kier alpha value is -1.31. The second-order valence-corrected chi connectivity index (χ2v) is 4.43. The van der Waals surface area contributed by atoms with Gasteiger partial charge in [0, 0.05) is 5.41 Å². The van der Waals surface area contributed by atoms with Gasteiger partial charge in [0.2, 0.25) is 0 Å². The molecule has 1 N–H and O–H groups in total. The summed E-state index contributed by atoms with van der Waals surface area (Å²) in [5.74, 6) is 0. The number of hydrogen-bond donors (Lipinski definition) is 1. The summed E-state index contributed by atoms with van der Waals surface area (Å²) >= 11 is 0. The van der Waals surface area contributed by atoms with Gasteiger partial charge >= 0.3 is 0 Å². The fourth-order valence-electron chi connectivity index (χ4n) is 1.42. The van der Waals surface area contributed by atoms with Gasteiger partial charge in [-0.1, -0.05) is 60.1 Å². The molecule has 0 saturated heterocycles. The van der Waals surface area contributed by atoms with Gasteiger partial charge in [0.25, 0.3) is 0 Å². The van der Waals surface area contributed by atoms with E-state index in [1.54, 1.807) is 6.33 Å². The Bertz CT molecular complexity index is 344. The Balaban J connectivity index is 0.000000509. The van der Waals surface area contributed by atoms with Crippen LogP contribution < -0.4 is 0 Å². The van der Waals surface area contributed by atoms with Crippen molar-refractivity contribution in [2.75, 3.05) is 0 Å². The van der Waals surface area contributed by atoms with E-state index in [1.165, 1.54) is 6.42 Å². The topological polar surface area (TPSA) is 28.7 Å². The monoisotopic (exact) mass is 248 g/mol. The van der Waals surface area contributed by atoms with Gasteiger partial charge < -0.3 is 4.98 Å². The molecule has 1 unspecified atom stereocenters. The molecule has 0 spiro atoms. The van der Waals surface area contributed by atoms with Crippen LogP contribution in [0.3, 0.4) is 0 Å². The number of H-pyrrole nitrogens is 1. The Morgan fingerprint density at radius 3 is 2.22 bits per heavy atom. The number of imidazole rings is 1. The molecule has 1 heterocycles. The van der Waals surface area contributed by atoms with Crippen LogP contribution in [-0.4, -0.2) is 9.97 Å². The van der Waals surface area contributed by atoms with E-state index in [4.69, 9.17) is 0 Å². The number of allylic oxidation sites excluding steroid dienone is 2. The van der Waals surface area contributed by atoms with E-state index in [0.29, 0.717) is 0 Å². The van der Waals surface area contributed by atoms with Gasteiger partial charge in [0.05, 0.1) is 17.7 Å². The summed E-state index contributed by atoms with van der Waals surface area (Å²) in [6.07, 6.45) is 12.8. The van der Waals surface area contributed by atoms with Crippen LogP contribution in [0, 0.1) is 5.41 Å². The first-order chi connectivity index (χ1) is 8.65. The molecule has 1 aliphatic carbocycles. The maximum Gasteiger partial charge on any atom is 0.0931 e. The molecule has 2 nitrogen and oxygen atoms in total. The van der Waals surface area contributed by atoms with Crippen LogP contribution in [0.5, 0.6) is 0 Å². The van der Waals surface area contributed by atoms with Crippen molar-refractivity contribution in [3.05, 3.63) is 29.9 Å². The summed E-state index contributed by atoms with van der Waals surface area (Å²) < 4.78 is 0. The number of aromatic nitrogens is 2. The molecule has 2 heteroatoms. The lowest BCUT2D eigenvalue weighted by molar-refractivity contribution is 0.536. The summed E-state index contributed by atoms with van der Waals surface area (Å²) in [5, 5.41) is 0. The lowest BCUT2D eigenvalue weighted by Gasteiger charge is -2.17. The van der Waals surface area contributed by atoms with Gasteiger partial charge in [0.15, 0.2) is 0 Å². The van der Waals surface area contributed by atoms with Crippen LogP contribution in [0.25, 0.3) is 12.2 Å². The van der Waals surface area contributed by atoms with E-state index >= 15 is 0 Å². The maximum absolute atomic E-state index is 4.22. The third kappa shape index (κ3) is 4.91. The molecular weight excluding hydrogens is 220 g/mol. The van der Waals surface area contributed by atoms with Gasteiger partial charge in [-0.05, 0) is 18.6 Å². The van der Waals surface area contributed by atoms with Gasteiger partial charge in [-0.25, -0.2) is 4.98 Å². The fourth-order valence-corrected chi connectivity index (χ4v) is 1.42. The van der Waals surface area contributed by atoms with E-state index in [1.807, 2.05) is 13.8 Å². The van der Waals surface area contributed by atoms with Crippen LogP contribution in [-0.2, 0) is 0 Å². The summed E-state index contributed by atoms with van der Waals surface area (Å²) in [4.78, 5) is 7.33. The molecule has 2 rings (SSSR count). The molecule has 0 saturated carbocycles. The first kappa shape index (κ1) is 16.7. The minimum atomic E-state index is 0.182. The van der Waals surface area contributed by atoms with Crippen molar-refractivity contribution in [3.8, 4) is 0 Å². The zero-order chi connectivity index (χ0) is 14.0. The first-order valence-electron chi connectivity index (χ1n) is 7.07. The molecule has 0 bridgehead atoms. The van der Waals surface area contributed by atoms with E-state index in [-0.39, 0.29) is 5.41 Å². The third-order valence-electron chi connectivity index (χ3n) is 2.71. The predicted molar refractivity (Wildman–Crippen MR) is 82.4 cm³/mol. The van der Waals surface area contributed by atoms with Gasteiger partial charge in [-0.2, -0.15) is 0 Å². The number of nitrogens with zero attached hydrogens (tertiary/aromatic N) is 1. The Labute approximate surface area is 112 Å². The summed E-state index contributed by atoms with van der Waals surface area (Å²) in [6, 6.07) is 0. The largest absolute Gasteiger partial charge is 0.345 e. The Morgan fingerprint density at radius 2 is 1.67 bits per heavy atom. The summed E-state index contributed by atoms with van der Waals surface area (Å²) in [5.41, 5.74) is 2.32.